The van der Waals surface area contributed by atoms with Crippen LogP contribution < -0.4 is 14.2 Å². The van der Waals surface area contributed by atoms with Gasteiger partial charge in [-0.3, -0.25) is 0 Å². The number of aliphatic hydroxyl groups excluding tert-OH is 1. The number of rotatable bonds is 10. The molecule has 1 N–H and O–H groups in total. The van der Waals surface area contributed by atoms with E-state index in [1.54, 1.807) is 0 Å². The van der Waals surface area contributed by atoms with Crippen LogP contribution in [0.3, 0.4) is 0 Å². The van der Waals surface area contributed by atoms with E-state index in [-0.39, 0.29) is 5.56 Å². The summed E-state index contributed by atoms with van der Waals surface area (Å²) >= 11 is 0. The number of methoxy groups -OCH3 is 2. The van der Waals surface area contributed by atoms with Crippen molar-refractivity contribution < 1.29 is 41.2 Å². The summed E-state index contributed by atoms with van der Waals surface area (Å²) < 4.78 is 142. The third-order valence-electron chi connectivity index (χ3n) is 2.82. The zero-order valence-electron chi connectivity index (χ0n) is 29.7. The van der Waals surface area contributed by atoms with Gasteiger partial charge in [-0.25, -0.2) is 0 Å². The Hall–Kier alpha value is -2.20. The van der Waals surface area contributed by atoms with Gasteiger partial charge in [-0.1, -0.05) is 24.5 Å². The lowest BCUT2D eigenvalue weighted by atomic mass is 10.0. The Morgan fingerprint density at radius 3 is 2.84 bits per heavy atom. The topological polar surface area (TPSA) is 47.9 Å². The molecule has 1 atom stereocenters. The standard InChI is InChI=1S/C21H28O4/c1-16-7-6-10-19(13-16)25-15-18(22)9-5-4-8-17-11-12-20(23-2)21(14-17)24-3/h6-7,10-14,18,22H,4-5,8-9,15H2,1-3H3/i3D3,6D,7D,8D2,9D2,10D,11D,12D,13D,14D,15D2. The maximum absolute atomic E-state index is 10.6. The summed E-state index contributed by atoms with van der Waals surface area (Å²) in [7, 11) is -2.10. The molecule has 25 heavy (non-hydrogen) atoms. The monoisotopic (exact) mass is 360 g/mol. The molecule has 0 amide bonds. The van der Waals surface area contributed by atoms with Crippen molar-refractivity contribution in [2.24, 2.45) is 0 Å². The second-order valence-corrected chi connectivity index (χ2v) is 4.67. The van der Waals surface area contributed by atoms with Crippen LogP contribution in [0.4, 0.5) is 0 Å². The fourth-order valence-electron chi connectivity index (χ4n) is 1.70. The predicted octanol–water partition coefficient (Wildman–Crippen LogP) is 4.16. The minimum atomic E-state index is -3.32. The molecule has 0 saturated carbocycles. The molecule has 0 fully saturated rings. The first kappa shape index (κ1) is 6.84. The lowest BCUT2D eigenvalue weighted by molar-refractivity contribution is 0.0976. The van der Waals surface area contributed by atoms with E-state index < -0.39 is 110 Å². The normalized spacial score (nSPS) is 23.3. The first-order chi connectivity index (χ1) is 18.4. The fraction of sp³-hybridized carbons (Fsp3) is 0.429. The van der Waals surface area contributed by atoms with Gasteiger partial charge in [-0.05, 0) is 61.4 Å². The molecule has 2 aromatic rings. The molecule has 1 unspecified atom stereocenters. The van der Waals surface area contributed by atoms with Crippen LogP contribution in [0.2, 0.25) is 0 Å². The highest BCUT2D eigenvalue weighted by atomic mass is 16.5. The van der Waals surface area contributed by atoms with Crippen LogP contribution in [-0.2, 0) is 6.37 Å². The Kier molecular flexibility index (Phi) is 2.72. The fourth-order valence-corrected chi connectivity index (χ4v) is 1.70. The summed E-state index contributed by atoms with van der Waals surface area (Å²) in [6, 6.07) is -5.18. The van der Waals surface area contributed by atoms with Gasteiger partial charge in [-0.2, -0.15) is 0 Å². The molecule has 0 aliphatic carbocycles. The molecule has 0 saturated heterocycles. The largest absolute Gasteiger partial charge is 0.493 e. The summed E-state index contributed by atoms with van der Waals surface area (Å²) in [5, 5.41) is 10.6. The molecular formula is C21H28O4. The summed E-state index contributed by atoms with van der Waals surface area (Å²) in [6.45, 7) is -2.06. The quantitative estimate of drug-likeness (QED) is 0.691. The predicted molar refractivity (Wildman–Crippen MR) is 99.8 cm³/mol. The van der Waals surface area contributed by atoms with Gasteiger partial charge in [-0.15, -0.1) is 0 Å². The molecular weight excluding hydrogens is 316 g/mol. The van der Waals surface area contributed by atoms with Gasteiger partial charge < -0.3 is 19.3 Å². The van der Waals surface area contributed by atoms with Crippen LogP contribution in [0.1, 0.15) is 52.3 Å². The Morgan fingerprint density at radius 2 is 2.04 bits per heavy atom. The van der Waals surface area contributed by atoms with Gasteiger partial charge in [0.25, 0.3) is 0 Å². The number of aliphatic hydroxyl groups is 1. The SMILES string of the molecule is [2H]c1c([2H])c(C)c([2H])c(OC([2H])([2H])C(O)C([2H])([2H])CCC([2H])([2H])c2c([2H])c([2H])c(OC)c(OC([2H])([2H])[2H])c2[2H])c1[2H]. The van der Waals surface area contributed by atoms with Crippen molar-refractivity contribution >= 4 is 0 Å². The third kappa shape index (κ3) is 6.31. The first-order valence-electron chi connectivity index (χ1n) is 15.2. The molecule has 2 rings (SSSR count). The highest BCUT2D eigenvalue weighted by Gasteiger charge is 2.07. The van der Waals surface area contributed by atoms with E-state index in [0.29, 0.717) is 0 Å². The Morgan fingerprint density at radius 1 is 1.16 bits per heavy atom. The van der Waals surface area contributed by atoms with Crippen molar-refractivity contribution in [3.8, 4) is 17.2 Å². The first-order valence-corrected chi connectivity index (χ1v) is 7.22. The Bertz CT molecular complexity index is 1280. The van der Waals surface area contributed by atoms with Crippen LogP contribution in [0.15, 0.2) is 42.3 Å². The zero-order chi connectivity index (χ0) is 32.0. The summed E-state index contributed by atoms with van der Waals surface area (Å²) in [5.74, 6) is -2.24. The van der Waals surface area contributed by atoms with Crippen molar-refractivity contribution in [1.82, 2.24) is 0 Å². The van der Waals surface area contributed by atoms with Gasteiger partial charge in [0.2, 0.25) is 0 Å². The van der Waals surface area contributed by atoms with Crippen molar-refractivity contribution in [2.75, 3.05) is 20.7 Å². The van der Waals surface area contributed by atoms with E-state index in [1.807, 2.05) is 0 Å². The number of benzene rings is 2. The number of hydrogen-bond acceptors (Lipinski definition) is 4. The Balaban J connectivity index is 2.43. The van der Waals surface area contributed by atoms with E-state index in [4.69, 9.17) is 36.1 Å². The minimum absolute atomic E-state index is 0.116. The second-order valence-electron chi connectivity index (χ2n) is 4.67. The van der Waals surface area contributed by atoms with E-state index in [2.05, 4.69) is 0 Å². The highest BCUT2D eigenvalue weighted by Crippen LogP contribution is 2.28. The van der Waals surface area contributed by atoms with Crippen LogP contribution in [0, 0.1) is 6.92 Å². The molecule has 0 radical (unpaired) electrons. The van der Waals surface area contributed by atoms with Crippen molar-refractivity contribution in [3.05, 3.63) is 53.4 Å². The molecule has 0 aliphatic rings. The van der Waals surface area contributed by atoms with Crippen molar-refractivity contribution in [2.45, 2.75) is 38.6 Å². The van der Waals surface area contributed by atoms with Crippen LogP contribution in [-0.4, -0.2) is 31.9 Å². The number of hydrogen-bond donors (Lipinski definition) is 1. The van der Waals surface area contributed by atoms with Crippen LogP contribution >= 0.6 is 0 Å². The molecule has 0 aliphatic heterocycles. The second kappa shape index (κ2) is 9.94. The summed E-state index contributed by atoms with van der Waals surface area (Å²) in [4.78, 5) is 0. The van der Waals surface area contributed by atoms with E-state index in [9.17, 15) is 5.11 Å². The molecule has 0 heterocycles. The summed E-state index contributed by atoms with van der Waals surface area (Å²) in [6.07, 6.45) is -10.3. The lowest BCUT2D eigenvalue weighted by Gasteiger charge is -2.13. The molecule has 4 nitrogen and oxygen atoms in total. The van der Waals surface area contributed by atoms with Crippen LogP contribution in [0.25, 0.3) is 0 Å². The molecule has 0 aromatic heterocycles. The van der Waals surface area contributed by atoms with Crippen molar-refractivity contribution in [3.63, 3.8) is 0 Å². The van der Waals surface area contributed by atoms with Gasteiger partial charge in [0.1, 0.15) is 12.3 Å². The Labute approximate surface area is 172 Å². The van der Waals surface area contributed by atoms with Gasteiger partial charge in [0, 0.05) is 5.48 Å². The van der Waals surface area contributed by atoms with Gasteiger partial charge in [0.15, 0.2) is 11.5 Å². The van der Waals surface area contributed by atoms with E-state index >= 15 is 0 Å². The van der Waals surface area contributed by atoms with Gasteiger partial charge in [0.05, 0.1) is 36.7 Å². The van der Waals surface area contributed by atoms with E-state index in [0.717, 1.165) is 7.11 Å². The lowest BCUT2D eigenvalue weighted by Crippen LogP contribution is -2.17. The molecule has 0 bridgehead atoms. The highest BCUT2D eigenvalue weighted by molar-refractivity contribution is 5.42. The van der Waals surface area contributed by atoms with Crippen LogP contribution in [0.5, 0.6) is 17.2 Å². The number of ether oxygens (including phenoxy) is 3. The maximum atomic E-state index is 10.6. The molecule has 136 valence electrons. The smallest absolute Gasteiger partial charge is 0.160 e. The van der Waals surface area contributed by atoms with E-state index in [1.165, 1.54) is 6.92 Å². The third-order valence-corrected chi connectivity index (χ3v) is 2.82. The zero-order valence-corrected chi connectivity index (χ0v) is 13.7. The molecule has 4 heteroatoms. The average Bonchev–Trinajstić information content (AvgIpc) is 2.85. The van der Waals surface area contributed by atoms with Gasteiger partial charge >= 0.3 is 0 Å². The maximum Gasteiger partial charge on any atom is 0.160 e. The molecule has 2 aromatic carbocycles. The average molecular weight is 361 g/mol. The summed E-state index contributed by atoms with van der Waals surface area (Å²) in [5.41, 5.74) is -0.936. The van der Waals surface area contributed by atoms with Crippen molar-refractivity contribution in [1.29, 1.82) is 0 Å². The molecule has 0 spiro atoms. The minimum Gasteiger partial charge on any atom is -0.493 e.